The van der Waals surface area contributed by atoms with E-state index in [1.54, 1.807) is 0 Å². The molecule has 6 heteroatoms. The Bertz CT molecular complexity index is 3590. The van der Waals surface area contributed by atoms with E-state index in [2.05, 4.69) is 232 Å². The molecule has 3 aromatic heterocycles. The van der Waals surface area contributed by atoms with Crippen molar-refractivity contribution in [2.45, 2.75) is 92.4 Å². The number of benzene rings is 7. The molecule has 68 heavy (non-hydrogen) atoms. The van der Waals surface area contributed by atoms with Crippen LogP contribution in [0.25, 0.3) is 52.0 Å². The topological polar surface area (TPSA) is 19.6 Å². The summed E-state index contributed by atoms with van der Waals surface area (Å²) in [5, 5.41) is 3.75. The summed E-state index contributed by atoms with van der Waals surface area (Å²) < 4.78 is 10.00. The molecule has 0 saturated carbocycles. The van der Waals surface area contributed by atoms with Crippen molar-refractivity contribution in [3.63, 3.8) is 0 Å². The fraction of sp³-hybridized carbons (Fsp3) is 0.226. The number of anilines is 6. The molecule has 0 unspecified atom stereocenters. The standard InChI is InChI=1S/C62H57BN2OS2/c1-36-28-43(61(6,7)8)29-37(2)58(36)65-50-35-44(62(9,10)11)34-49-57(50)63(56-46-33-42(60(3,4)5)23-27-51(46)66-59(56)65)47-30-41(55-32-40-17-13-15-19-53(40)68-55)22-26-48(47)64(49)45-24-20-38(21-25-45)54-31-39-16-12-14-18-52(39)67-54/h12-35H,1-11H3. The lowest BCUT2D eigenvalue weighted by Gasteiger charge is -2.44. The van der Waals surface area contributed by atoms with Gasteiger partial charge in [0.1, 0.15) is 5.58 Å². The molecule has 5 heterocycles. The van der Waals surface area contributed by atoms with Crippen LogP contribution in [-0.2, 0) is 16.2 Å². The molecule has 7 aromatic carbocycles. The quantitative estimate of drug-likeness (QED) is 0.164. The van der Waals surface area contributed by atoms with Gasteiger partial charge in [0, 0.05) is 52.8 Å². The van der Waals surface area contributed by atoms with Gasteiger partial charge < -0.3 is 9.32 Å². The first-order valence-corrected chi connectivity index (χ1v) is 25.7. The molecule has 10 aromatic rings. The Hall–Kier alpha value is -6.34. The van der Waals surface area contributed by atoms with E-state index >= 15 is 0 Å². The van der Waals surface area contributed by atoms with Crippen LogP contribution in [0.3, 0.4) is 0 Å². The summed E-state index contributed by atoms with van der Waals surface area (Å²) in [6.07, 6.45) is 0. The molecule has 0 fully saturated rings. The predicted molar refractivity (Wildman–Crippen MR) is 297 cm³/mol. The Labute approximate surface area is 409 Å². The molecule has 0 amide bonds. The molecule has 12 rings (SSSR count). The predicted octanol–water partition coefficient (Wildman–Crippen LogP) is 16.8. The highest BCUT2D eigenvalue weighted by atomic mass is 32.1. The summed E-state index contributed by atoms with van der Waals surface area (Å²) in [7, 11) is 0. The highest BCUT2D eigenvalue weighted by molar-refractivity contribution is 7.22. The van der Waals surface area contributed by atoms with Crippen LogP contribution in [0.15, 0.2) is 150 Å². The Kier molecular flexibility index (Phi) is 9.53. The number of hydrogen-bond donors (Lipinski definition) is 0. The van der Waals surface area contributed by atoms with Crippen molar-refractivity contribution in [1.29, 1.82) is 0 Å². The lowest BCUT2D eigenvalue weighted by molar-refractivity contribution is 0.587. The molecule has 0 saturated heterocycles. The van der Waals surface area contributed by atoms with Gasteiger partial charge in [0.2, 0.25) is 5.88 Å². The molecule has 0 aliphatic carbocycles. The maximum Gasteiger partial charge on any atom is 0.257 e. The second-order valence-corrected chi connectivity index (χ2v) is 24.6. The van der Waals surface area contributed by atoms with Crippen molar-refractivity contribution >= 4 is 111 Å². The zero-order valence-electron chi connectivity index (χ0n) is 41.1. The van der Waals surface area contributed by atoms with Crippen LogP contribution in [0.4, 0.5) is 34.3 Å². The minimum atomic E-state index is -0.148. The van der Waals surface area contributed by atoms with E-state index in [0.29, 0.717) is 0 Å². The van der Waals surface area contributed by atoms with Crippen molar-refractivity contribution in [3.8, 4) is 20.9 Å². The molecule has 2 aliphatic rings. The fourth-order valence-electron chi connectivity index (χ4n) is 10.8. The molecular formula is C62H57BN2OS2. The van der Waals surface area contributed by atoms with Crippen molar-refractivity contribution in [2.24, 2.45) is 0 Å². The number of hydrogen-bond acceptors (Lipinski definition) is 5. The molecule has 0 radical (unpaired) electrons. The average molecular weight is 921 g/mol. The normalized spacial score (nSPS) is 13.7. The van der Waals surface area contributed by atoms with Crippen molar-refractivity contribution in [3.05, 3.63) is 173 Å². The smallest absolute Gasteiger partial charge is 0.257 e. The molecule has 3 nitrogen and oxygen atoms in total. The van der Waals surface area contributed by atoms with Gasteiger partial charge in [0.15, 0.2) is 0 Å². The summed E-state index contributed by atoms with van der Waals surface area (Å²) in [5.74, 6) is 0.912. The third-order valence-electron chi connectivity index (χ3n) is 14.5. The number of rotatable bonds is 4. The van der Waals surface area contributed by atoms with E-state index in [4.69, 9.17) is 4.42 Å². The third-order valence-corrected chi connectivity index (χ3v) is 16.9. The van der Waals surface area contributed by atoms with Crippen LogP contribution in [0.5, 0.6) is 0 Å². The first-order chi connectivity index (χ1) is 32.4. The van der Waals surface area contributed by atoms with Crippen LogP contribution >= 0.6 is 22.7 Å². The molecule has 0 N–H and O–H groups in total. The Morgan fingerprint density at radius 2 is 1.01 bits per heavy atom. The second kappa shape index (κ2) is 15.1. The first kappa shape index (κ1) is 43.0. The molecular weight excluding hydrogens is 864 g/mol. The van der Waals surface area contributed by atoms with E-state index in [1.165, 1.54) is 113 Å². The zero-order valence-corrected chi connectivity index (χ0v) is 42.7. The van der Waals surface area contributed by atoms with Gasteiger partial charge in [-0.2, -0.15) is 0 Å². The van der Waals surface area contributed by atoms with Gasteiger partial charge in [-0.1, -0.05) is 141 Å². The fourth-order valence-corrected chi connectivity index (χ4v) is 13.0. The second-order valence-electron chi connectivity index (χ2n) is 22.4. The Morgan fingerprint density at radius 3 is 1.60 bits per heavy atom. The van der Waals surface area contributed by atoms with Crippen LogP contribution < -0.4 is 26.2 Å². The average Bonchev–Trinajstić information content (AvgIpc) is 4.04. The van der Waals surface area contributed by atoms with Crippen LogP contribution in [0.2, 0.25) is 0 Å². The summed E-state index contributed by atoms with van der Waals surface area (Å²) in [6, 6.07) is 55.5. The van der Waals surface area contributed by atoms with Crippen LogP contribution in [-0.4, -0.2) is 6.71 Å². The Balaban J connectivity index is 1.18. The van der Waals surface area contributed by atoms with Gasteiger partial charge >= 0.3 is 0 Å². The summed E-state index contributed by atoms with van der Waals surface area (Å²) in [6.45, 7) is 25.4. The number of thiophene rings is 2. The van der Waals surface area contributed by atoms with E-state index < -0.39 is 0 Å². The first-order valence-electron chi connectivity index (χ1n) is 24.1. The number of aryl methyl sites for hydroxylation is 2. The van der Waals surface area contributed by atoms with Gasteiger partial charge in [-0.25, -0.2) is 0 Å². The highest BCUT2D eigenvalue weighted by Crippen LogP contribution is 2.50. The van der Waals surface area contributed by atoms with Gasteiger partial charge in [0.05, 0.1) is 5.69 Å². The van der Waals surface area contributed by atoms with Gasteiger partial charge in [-0.05, 0) is 157 Å². The minimum Gasteiger partial charge on any atom is -0.440 e. The third kappa shape index (κ3) is 6.81. The van der Waals surface area contributed by atoms with Crippen molar-refractivity contribution in [2.75, 3.05) is 9.80 Å². The molecule has 336 valence electrons. The van der Waals surface area contributed by atoms with E-state index in [9.17, 15) is 0 Å². The van der Waals surface area contributed by atoms with Crippen molar-refractivity contribution in [1.82, 2.24) is 0 Å². The SMILES string of the molecule is Cc1cc(C(C)(C)C)cc(C)c1N1c2cc(C(C)(C)C)cc3c2B(c2cc(-c4cc5ccccc5s4)ccc2N3c2ccc(-c3cc4ccccc4s3)cc2)c2c1oc1ccc(C(C)(C)C)cc21. The largest absolute Gasteiger partial charge is 0.440 e. The zero-order chi connectivity index (χ0) is 47.2. The minimum absolute atomic E-state index is 0.00307. The highest BCUT2D eigenvalue weighted by Gasteiger charge is 2.47. The van der Waals surface area contributed by atoms with Gasteiger partial charge in [-0.3, -0.25) is 4.90 Å². The lowest BCUT2D eigenvalue weighted by atomic mass is 9.33. The van der Waals surface area contributed by atoms with Crippen molar-refractivity contribution < 1.29 is 4.42 Å². The maximum atomic E-state index is 7.38. The lowest BCUT2D eigenvalue weighted by Crippen LogP contribution is -2.61. The van der Waals surface area contributed by atoms with E-state index in [-0.39, 0.29) is 23.0 Å². The van der Waals surface area contributed by atoms with Crippen LogP contribution in [0, 0.1) is 13.8 Å². The monoisotopic (exact) mass is 920 g/mol. The maximum absolute atomic E-state index is 7.38. The summed E-state index contributed by atoms with van der Waals surface area (Å²) >= 11 is 3.73. The van der Waals surface area contributed by atoms with Crippen LogP contribution in [0.1, 0.15) is 90.1 Å². The summed E-state index contributed by atoms with van der Waals surface area (Å²) in [4.78, 5) is 7.64. The number of nitrogens with zero attached hydrogens (tertiary/aromatic N) is 2. The van der Waals surface area contributed by atoms with Gasteiger partial charge in [0.25, 0.3) is 6.71 Å². The molecule has 0 spiro atoms. The van der Waals surface area contributed by atoms with Gasteiger partial charge in [-0.15, -0.1) is 22.7 Å². The number of furan rings is 1. The van der Waals surface area contributed by atoms with E-state index in [0.717, 1.165) is 17.2 Å². The Morgan fingerprint density at radius 1 is 0.471 bits per heavy atom. The molecule has 0 bridgehead atoms. The number of fused-ring (bicyclic) bond motifs is 8. The molecule has 0 atom stereocenters. The molecule has 2 aliphatic heterocycles. The summed E-state index contributed by atoms with van der Waals surface area (Å²) in [5.41, 5.74) is 19.3. The van der Waals surface area contributed by atoms with E-state index in [1.807, 2.05) is 22.7 Å².